The van der Waals surface area contributed by atoms with Gasteiger partial charge in [-0.15, -0.1) is 0 Å². The minimum Gasteiger partial charge on any atom is -0.399 e. The van der Waals surface area contributed by atoms with Crippen molar-refractivity contribution in [2.24, 2.45) is 0 Å². The number of sulfonamides is 1. The number of nitrogen functional groups attached to an aromatic ring is 1. The number of fused-ring (bicyclic) bond motifs is 2. The number of nitrogens with zero attached hydrogens (tertiary/aromatic N) is 1. The van der Waals surface area contributed by atoms with Crippen molar-refractivity contribution in [3.05, 3.63) is 24.0 Å². The van der Waals surface area contributed by atoms with Gasteiger partial charge in [-0.25, -0.2) is 12.8 Å². The van der Waals surface area contributed by atoms with E-state index >= 15 is 0 Å². The van der Waals surface area contributed by atoms with E-state index in [0.717, 1.165) is 12.1 Å². The molecule has 0 spiro atoms. The summed E-state index contributed by atoms with van der Waals surface area (Å²) < 4.78 is 40.6. The molecule has 110 valence electrons. The highest BCUT2D eigenvalue weighted by atomic mass is 32.2. The largest absolute Gasteiger partial charge is 0.399 e. The summed E-state index contributed by atoms with van der Waals surface area (Å²) in [6.07, 6.45) is 1.79. The minimum atomic E-state index is -3.91. The first-order valence-electron chi connectivity index (χ1n) is 6.66. The van der Waals surface area contributed by atoms with Crippen molar-refractivity contribution in [3.63, 3.8) is 0 Å². The van der Waals surface area contributed by atoms with E-state index in [1.54, 1.807) is 0 Å². The predicted molar refractivity (Wildman–Crippen MR) is 71.9 cm³/mol. The van der Waals surface area contributed by atoms with Crippen LogP contribution in [0.5, 0.6) is 0 Å². The second-order valence-corrected chi connectivity index (χ2v) is 7.35. The van der Waals surface area contributed by atoms with E-state index < -0.39 is 21.9 Å². The number of halogens is 1. The number of benzene rings is 1. The number of anilines is 1. The lowest BCUT2D eigenvalue weighted by Gasteiger charge is -2.36. The fraction of sp³-hybridized carbons (Fsp3) is 0.538. The van der Waals surface area contributed by atoms with E-state index in [4.69, 9.17) is 5.73 Å². The van der Waals surface area contributed by atoms with Crippen LogP contribution in [0, 0.1) is 5.82 Å². The lowest BCUT2D eigenvalue weighted by molar-refractivity contribution is 0.0768. The van der Waals surface area contributed by atoms with E-state index in [-0.39, 0.29) is 22.7 Å². The third-order valence-electron chi connectivity index (χ3n) is 4.15. The number of hydrogen-bond acceptors (Lipinski definition) is 4. The monoisotopic (exact) mass is 300 g/mol. The predicted octanol–water partition coefficient (Wildman–Crippen LogP) is 1.08. The van der Waals surface area contributed by atoms with Crippen LogP contribution in [0.2, 0.25) is 0 Å². The molecule has 3 N–H and O–H groups in total. The smallest absolute Gasteiger partial charge is 0.246 e. The van der Waals surface area contributed by atoms with Gasteiger partial charge in [0, 0.05) is 17.8 Å². The van der Waals surface area contributed by atoms with Crippen LogP contribution in [0.4, 0.5) is 10.1 Å². The zero-order chi connectivity index (χ0) is 14.5. The van der Waals surface area contributed by atoms with Crippen LogP contribution in [0.25, 0.3) is 0 Å². The van der Waals surface area contributed by atoms with Gasteiger partial charge in [-0.1, -0.05) is 0 Å². The molecule has 0 aromatic heterocycles. The molecule has 2 aliphatic rings. The van der Waals surface area contributed by atoms with Crippen LogP contribution in [0.3, 0.4) is 0 Å². The lowest BCUT2D eigenvalue weighted by atomic mass is 10.0. The molecule has 1 aromatic carbocycles. The SMILES string of the molecule is Nc1ccc(F)c(S(=O)(=O)N2C3CCC2CC(O)C3)c1. The van der Waals surface area contributed by atoms with Gasteiger partial charge >= 0.3 is 0 Å². The Labute approximate surface area is 117 Å². The topological polar surface area (TPSA) is 83.6 Å². The third kappa shape index (κ3) is 2.10. The van der Waals surface area contributed by atoms with E-state index in [1.165, 1.54) is 10.4 Å². The lowest BCUT2D eigenvalue weighted by Crippen LogP contribution is -2.48. The molecule has 2 atom stereocenters. The van der Waals surface area contributed by atoms with Gasteiger partial charge in [-0.3, -0.25) is 0 Å². The first-order chi connectivity index (χ1) is 9.39. The maximum absolute atomic E-state index is 13.9. The van der Waals surface area contributed by atoms with Gasteiger partial charge in [-0.05, 0) is 43.9 Å². The summed E-state index contributed by atoms with van der Waals surface area (Å²) in [5.41, 5.74) is 5.79. The number of rotatable bonds is 2. The van der Waals surface area contributed by atoms with Crippen LogP contribution < -0.4 is 5.73 Å². The maximum atomic E-state index is 13.9. The van der Waals surface area contributed by atoms with Crippen molar-refractivity contribution in [3.8, 4) is 0 Å². The van der Waals surface area contributed by atoms with Gasteiger partial charge in [0.05, 0.1) is 6.10 Å². The van der Waals surface area contributed by atoms with Crippen molar-refractivity contribution < 1.29 is 17.9 Å². The molecule has 2 fully saturated rings. The summed E-state index contributed by atoms with van der Waals surface area (Å²) in [7, 11) is -3.91. The number of aliphatic hydroxyl groups excluding tert-OH is 1. The second kappa shape index (κ2) is 4.68. The zero-order valence-electron chi connectivity index (χ0n) is 10.9. The normalized spacial score (nSPS) is 30.6. The van der Waals surface area contributed by atoms with Crippen molar-refractivity contribution in [1.29, 1.82) is 0 Å². The summed E-state index contributed by atoms with van der Waals surface area (Å²) in [6.45, 7) is 0. The molecule has 1 aromatic rings. The number of nitrogens with two attached hydrogens (primary N) is 1. The average Bonchev–Trinajstić information content (AvgIpc) is 2.66. The molecule has 2 heterocycles. The maximum Gasteiger partial charge on any atom is 0.246 e. The first kappa shape index (κ1) is 13.8. The molecule has 0 amide bonds. The Bertz CT molecular complexity index is 621. The standard InChI is InChI=1S/C13H17FN2O3S/c14-12-4-1-8(15)5-13(12)20(18,19)16-9-2-3-10(16)7-11(17)6-9/h1,4-5,9-11,17H,2-3,6-7,15H2. The van der Waals surface area contributed by atoms with Crippen molar-refractivity contribution in [1.82, 2.24) is 4.31 Å². The zero-order valence-corrected chi connectivity index (χ0v) is 11.7. The van der Waals surface area contributed by atoms with Crippen LogP contribution in [-0.4, -0.2) is 36.0 Å². The summed E-state index contributed by atoms with van der Waals surface area (Å²) in [6, 6.07) is 3.09. The van der Waals surface area contributed by atoms with Gasteiger partial charge < -0.3 is 10.8 Å². The molecule has 0 aliphatic carbocycles. The molecule has 0 saturated carbocycles. The Hall–Kier alpha value is -1.18. The Morgan fingerprint density at radius 1 is 1.25 bits per heavy atom. The Morgan fingerprint density at radius 2 is 1.85 bits per heavy atom. The third-order valence-corrected chi connectivity index (χ3v) is 6.17. The summed E-state index contributed by atoms with van der Waals surface area (Å²) >= 11 is 0. The van der Waals surface area contributed by atoms with E-state index in [9.17, 15) is 17.9 Å². The highest BCUT2D eigenvalue weighted by Crippen LogP contribution is 2.40. The number of piperidine rings is 1. The van der Waals surface area contributed by atoms with Gasteiger partial charge in [0.2, 0.25) is 10.0 Å². The summed E-state index contributed by atoms with van der Waals surface area (Å²) in [5, 5.41) is 9.73. The Morgan fingerprint density at radius 3 is 2.45 bits per heavy atom. The van der Waals surface area contributed by atoms with Gasteiger partial charge in [-0.2, -0.15) is 4.31 Å². The highest BCUT2D eigenvalue weighted by Gasteiger charge is 2.47. The molecule has 2 aliphatic heterocycles. The number of hydrogen-bond donors (Lipinski definition) is 2. The molecule has 2 unspecified atom stereocenters. The molecule has 7 heteroatoms. The first-order valence-corrected chi connectivity index (χ1v) is 8.10. The van der Waals surface area contributed by atoms with Gasteiger partial charge in [0.1, 0.15) is 10.7 Å². The Balaban J connectivity index is 2.03. The van der Waals surface area contributed by atoms with Gasteiger partial charge in [0.15, 0.2) is 0 Å². The van der Waals surface area contributed by atoms with E-state index in [2.05, 4.69) is 0 Å². The van der Waals surface area contributed by atoms with Crippen LogP contribution >= 0.6 is 0 Å². The molecule has 2 bridgehead atoms. The molecule has 2 saturated heterocycles. The molecule has 3 rings (SSSR count). The van der Waals surface area contributed by atoms with Gasteiger partial charge in [0.25, 0.3) is 0 Å². The minimum absolute atomic E-state index is 0.217. The van der Waals surface area contributed by atoms with Crippen molar-refractivity contribution in [2.45, 2.75) is 48.8 Å². The van der Waals surface area contributed by atoms with Crippen molar-refractivity contribution in [2.75, 3.05) is 5.73 Å². The molecule has 5 nitrogen and oxygen atoms in total. The second-order valence-electron chi connectivity index (χ2n) is 5.54. The quantitative estimate of drug-likeness (QED) is 0.801. The fourth-order valence-corrected chi connectivity index (χ4v) is 5.32. The Kier molecular flexibility index (Phi) is 3.23. The molecular weight excluding hydrogens is 283 g/mol. The molecule has 0 radical (unpaired) electrons. The molecular formula is C13H17FN2O3S. The van der Waals surface area contributed by atoms with Crippen LogP contribution in [0.1, 0.15) is 25.7 Å². The van der Waals surface area contributed by atoms with E-state index in [0.29, 0.717) is 25.7 Å². The van der Waals surface area contributed by atoms with E-state index in [1.807, 2.05) is 0 Å². The van der Waals surface area contributed by atoms with Crippen molar-refractivity contribution >= 4 is 15.7 Å². The fourth-order valence-electron chi connectivity index (χ4n) is 3.33. The highest BCUT2D eigenvalue weighted by molar-refractivity contribution is 7.89. The molecule has 20 heavy (non-hydrogen) atoms. The van der Waals surface area contributed by atoms with Crippen LogP contribution in [0.15, 0.2) is 23.1 Å². The van der Waals surface area contributed by atoms with Crippen LogP contribution in [-0.2, 0) is 10.0 Å². The summed E-state index contributed by atoms with van der Waals surface area (Å²) in [4.78, 5) is -0.370. The number of aliphatic hydroxyl groups is 1. The average molecular weight is 300 g/mol. The summed E-state index contributed by atoms with van der Waals surface area (Å²) in [5.74, 6) is -0.787.